The SMILES string of the molecule is CONC(=O)n1ccc2cc(C(=O)OC)ccc21. The summed E-state index contributed by atoms with van der Waals surface area (Å²) in [7, 11) is 2.68. The number of methoxy groups -OCH3 is 1. The fraction of sp³-hybridized carbons (Fsp3) is 0.167. The van der Waals surface area contributed by atoms with Crippen molar-refractivity contribution in [3.05, 3.63) is 36.0 Å². The van der Waals surface area contributed by atoms with Crippen LogP contribution in [0.3, 0.4) is 0 Å². The van der Waals surface area contributed by atoms with Gasteiger partial charge in [0.25, 0.3) is 0 Å². The Balaban J connectivity index is 2.43. The third-order valence-electron chi connectivity index (χ3n) is 2.52. The van der Waals surface area contributed by atoms with Gasteiger partial charge in [-0.2, -0.15) is 0 Å². The van der Waals surface area contributed by atoms with Crippen molar-refractivity contribution in [3.63, 3.8) is 0 Å². The van der Waals surface area contributed by atoms with Crippen LogP contribution >= 0.6 is 0 Å². The lowest BCUT2D eigenvalue weighted by molar-refractivity contribution is 0.0601. The van der Waals surface area contributed by atoms with E-state index in [-0.39, 0.29) is 0 Å². The number of amides is 1. The molecule has 2 rings (SSSR count). The van der Waals surface area contributed by atoms with Crippen LogP contribution in [0.2, 0.25) is 0 Å². The predicted molar refractivity (Wildman–Crippen MR) is 64.2 cm³/mol. The molecule has 2 aromatic rings. The molecular weight excluding hydrogens is 236 g/mol. The van der Waals surface area contributed by atoms with Gasteiger partial charge in [-0.3, -0.25) is 9.40 Å². The number of carbonyl (C=O) groups is 2. The molecule has 0 saturated carbocycles. The lowest BCUT2D eigenvalue weighted by atomic mass is 10.1. The van der Waals surface area contributed by atoms with Gasteiger partial charge in [-0.05, 0) is 24.3 Å². The molecule has 0 unspecified atom stereocenters. The maximum atomic E-state index is 11.6. The van der Waals surface area contributed by atoms with Crippen molar-refractivity contribution in [2.45, 2.75) is 0 Å². The van der Waals surface area contributed by atoms with Crippen molar-refractivity contribution in [1.29, 1.82) is 0 Å². The number of nitrogens with zero attached hydrogens (tertiary/aromatic N) is 1. The highest BCUT2D eigenvalue weighted by Crippen LogP contribution is 2.18. The van der Waals surface area contributed by atoms with Crippen LogP contribution in [0.15, 0.2) is 30.5 Å². The summed E-state index contributed by atoms with van der Waals surface area (Å²) < 4.78 is 6.02. The maximum absolute atomic E-state index is 11.6. The molecule has 0 fully saturated rings. The molecule has 6 heteroatoms. The van der Waals surface area contributed by atoms with Crippen LogP contribution < -0.4 is 5.48 Å². The zero-order valence-corrected chi connectivity index (χ0v) is 9.97. The number of benzene rings is 1. The summed E-state index contributed by atoms with van der Waals surface area (Å²) in [5.41, 5.74) is 3.34. The lowest BCUT2D eigenvalue weighted by Crippen LogP contribution is -2.26. The molecule has 1 N–H and O–H groups in total. The third-order valence-corrected chi connectivity index (χ3v) is 2.52. The second-order valence-corrected chi connectivity index (χ2v) is 3.56. The summed E-state index contributed by atoms with van der Waals surface area (Å²) in [4.78, 5) is 27.6. The minimum Gasteiger partial charge on any atom is -0.465 e. The van der Waals surface area contributed by atoms with Crippen molar-refractivity contribution in [2.75, 3.05) is 14.2 Å². The highest BCUT2D eigenvalue weighted by atomic mass is 16.6. The molecule has 1 aromatic carbocycles. The van der Waals surface area contributed by atoms with E-state index in [2.05, 4.69) is 15.1 Å². The van der Waals surface area contributed by atoms with Gasteiger partial charge in [0.15, 0.2) is 0 Å². The largest absolute Gasteiger partial charge is 0.465 e. The average molecular weight is 248 g/mol. The number of carbonyl (C=O) groups excluding carboxylic acids is 2. The molecule has 0 spiro atoms. The average Bonchev–Trinajstić information content (AvgIpc) is 2.80. The van der Waals surface area contributed by atoms with E-state index in [1.54, 1.807) is 30.5 Å². The molecule has 1 amide bonds. The van der Waals surface area contributed by atoms with E-state index in [1.807, 2.05) is 0 Å². The van der Waals surface area contributed by atoms with Crippen LogP contribution in [-0.4, -0.2) is 30.8 Å². The number of aromatic nitrogens is 1. The summed E-state index contributed by atoms with van der Waals surface area (Å²) in [5.74, 6) is -0.411. The summed E-state index contributed by atoms with van der Waals surface area (Å²) >= 11 is 0. The quantitative estimate of drug-likeness (QED) is 0.646. The zero-order chi connectivity index (χ0) is 13.1. The number of fused-ring (bicyclic) bond motifs is 1. The number of hydroxylamine groups is 1. The second kappa shape index (κ2) is 4.89. The summed E-state index contributed by atoms with van der Waals surface area (Å²) in [6, 6.07) is 6.27. The number of hydrogen-bond donors (Lipinski definition) is 1. The van der Waals surface area contributed by atoms with Crippen LogP contribution in [0, 0.1) is 0 Å². The van der Waals surface area contributed by atoms with Crippen molar-refractivity contribution < 1.29 is 19.2 Å². The highest BCUT2D eigenvalue weighted by molar-refractivity contribution is 5.97. The van der Waals surface area contributed by atoms with Crippen molar-refractivity contribution in [1.82, 2.24) is 10.0 Å². The Hall–Kier alpha value is -2.34. The van der Waals surface area contributed by atoms with Gasteiger partial charge in [0, 0.05) is 11.6 Å². The summed E-state index contributed by atoms with van der Waals surface area (Å²) in [5, 5.41) is 0.768. The molecule has 0 atom stereocenters. The van der Waals surface area contributed by atoms with E-state index in [1.165, 1.54) is 18.8 Å². The Morgan fingerprint density at radius 3 is 2.67 bits per heavy atom. The molecule has 1 aromatic heterocycles. The van der Waals surface area contributed by atoms with E-state index in [4.69, 9.17) is 0 Å². The zero-order valence-electron chi connectivity index (χ0n) is 9.97. The van der Waals surface area contributed by atoms with E-state index in [9.17, 15) is 9.59 Å². The first-order valence-electron chi connectivity index (χ1n) is 5.20. The first kappa shape index (κ1) is 12.1. The molecule has 0 aliphatic rings. The summed E-state index contributed by atoms with van der Waals surface area (Å²) in [6.45, 7) is 0. The van der Waals surface area contributed by atoms with Crippen LogP contribution in [0.25, 0.3) is 10.9 Å². The molecule has 0 aliphatic heterocycles. The van der Waals surface area contributed by atoms with Crippen LogP contribution in [0.5, 0.6) is 0 Å². The van der Waals surface area contributed by atoms with Gasteiger partial charge >= 0.3 is 12.0 Å². The molecular formula is C12H12N2O4. The Morgan fingerprint density at radius 2 is 2.00 bits per heavy atom. The van der Waals surface area contributed by atoms with Gasteiger partial charge in [0.1, 0.15) is 0 Å². The number of ether oxygens (including phenoxy) is 1. The van der Waals surface area contributed by atoms with Gasteiger partial charge < -0.3 is 4.74 Å². The van der Waals surface area contributed by atoms with E-state index < -0.39 is 12.0 Å². The normalized spacial score (nSPS) is 10.3. The summed E-state index contributed by atoms with van der Waals surface area (Å²) in [6.07, 6.45) is 1.60. The van der Waals surface area contributed by atoms with Gasteiger partial charge in [0.05, 0.1) is 25.3 Å². The minimum absolute atomic E-state index is 0.404. The first-order valence-corrected chi connectivity index (χ1v) is 5.20. The smallest absolute Gasteiger partial charge is 0.349 e. The van der Waals surface area contributed by atoms with Crippen LogP contribution in [0.4, 0.5) is 4.79 Å². The van der Waals surface area contributed by atoms with Crippen LogP contribution in [0.1, 0.15) is 10.4 Å². The van der Waals surface area contributed by atoms with E-state index in [0.29, 0.717) is 11.1 Å². The number of nitrogens with one attached hydrogen (secondary N) is 1. The van der Waals surface area contributed by atoms with E-state index in [0.717, 1.165) is 5.39 Å². The topological polar surface area (TPSA) is 69.6 Å². The van der Waals surface area contributed by atoms with Gasteiger partial charge in [-0.25, -0.2) is 15.1 Å². The maximum Gasteiger partial charge on any atom is 0.349 e. The van der Waals surface area contributed by atoms with Gasteiger partial charge in [0.2, 0.25) is 0 Å². The molecule has 6 nitrogen and oxygen atoms in total. The molecule has 18 heavy (non-hydrogen) atoms. The van der Waals surface area contributed by atoms with Crippen LogP contribution in [-0.2, 0) is 9.57 Å². The Bertz CT molecular complexity index is 603. The second-order valence-electron chi connectivity index (χ2n) is 3.56. The fourth-order valence-corrected chi connectivity index (χ4v) is 1.70. The van der Waals surface area contributed by atoms with Crippen molar-refractivity contribution in [3.8, 4) is 0 Å². The fourth-order valence-electron chi connectivity index (χ4n) is 1.70. The first-order chi connectivity index (χ1) is 8.67. The molecule has 0 radical (unpaired) electrons. The minimum atomic E-state index is -0.411. The number of rotatable bonds is 2. The number of esters is 1. The molecule has 0 aliphatic carbocycles. The van der Waals surface area contributed by atoms with Crippen molar-refractivity contribution in [2.24, 2.45) is 0 Å². The Labute approximate surface area is 103 Å². The highest BCUT2D eigenvalue weighted by Gasteiger charge is 2.11. The van der Waals surface area contributed by atoms with E-state index >= 15 is 0 Å². The Morgan fingerprint density at radius 1 is 1.22 bits per heavy atom. The lowest BCUT2D eigenvalue weighted by Gasteiger charge is -2.05. The third kappa shape index (κ3) is 2.05. The molecule has 0 saturated heterocycles. The predicted octanol–water partition coefficient (Wildman–Crippen LogP) is 1.55. The molecule has 94 valence electrons. The molecule has 0 bridgehead atoms. The monoisotopic (exact) mass is 248 g/mol. The standard InChI is InChI=1S/C12H12N2O4/c1-17-11(15)9-3-4-10-8(7-9)5-6-14(10)12(16)13-18-2/h3-7H,1-2H3,(H,13,16). The number of hydrogen-bond acceptors (Lipinski definition) is 4. The Kier molecular flexibility index (Phi) is 3.29. The van der Waals surface area contributed by atoms with Gasteiger partial charge in [-0.15, -0.1) is 0 Å². The molecule has 1 heterocycles. The van der Waals surface area contributed by atoms with Gasteiger partial charge in [-0.1, -0.05) is 0 Å². The van der Waals surface area contributed by atoms with Crippen molar-refractivity contribution >= 4 is 22.9 Å².